The summed E-state index contributed by atoms with van der Waals surface area (Å²) in [5.74, 6) is -0.459. The van der Waals surface area contributed by atoms with Crippen LogP contribution in [0.3, 0.4) is 0 Å². The van der Waals surface area contributed by atoms with E-state index in [0.717, 1.165) is 25.9 Å². The number of nitrogens with one attached hydrogen (secondary N) is 1. The molecule has 1 aliphatic rings. The lowest BCUT2D eigenvalue weighted by Crippen LogP contribution is -2.37. The Morgan fingerprint density at radius 3 is 2.79 bits per heavy atom. The van der Waals surface area contributed by atoms with Gasteiger partial charge >= 0.3 is 0 Å². The van der Waals surface area contributed by atoms with Gasteiger partial charge in [0, 0.05) is 30.4 Å². The number of likely N-dealkylation sites (tertiary alicyclic amines) is 1. The molecule has 156 valence electrons. The predicted molar refractivity (Wildman–Crippen MR) is 109 cm³/mol. The van der Waals surface area contributed by atoms with Crippen molar-refractivity contribution in [2.24, 2.45) is 0 Å². The zero-order valence-electron chi connectivity index (χ0n) is 16.4. The molecule has 0 aliphatic carbocycles. The maximum absolute atomic E-state index is 14.6. The van der Waals surface area contributed by atoms with Gasteiger partial charge in [0.2, 0.25) is 5.88 Å². The Morgan fingerprint density at radius 1 is 1.28 bits per heavy atom. The SMILES string of the molecule is COCCOc1ncccc1C(=O)NCC(c1c(F)cccc1Cl)N1CCCC1. The molecule has 8 heteroatoms. The van der Waals surface area contributed by atoms with Crippen LogP contribution in [-0.4, -0.2) is 55.7 Å². The normalized spacial score (nSPS) is 15.3. The van der Waals surface area contributed by atoms with E-state index >= 15 is 0 Å². The molecule has 0 radical (unpaired) electrons. The van der Waals surface area contributed by atoms with E-state index in [9.17, 15) is 9.18 Å². The van der Waals surface area contributed by atoms with Crippen molar-refractivity contribution < 1.29 is 18.7 Å². The summed E-state index contributed by atoms with van der Waals surface area (Å²) in [6.07, 6.45) is 3.64. The molecule has 1 aromatic heterocycles. The standard InChI is InChI=1S/C21H25ClFN3O3/c1-28-12-13-29-21-15(6-5-9-24-21)20(27)25-14-18(26-10-2-3-11-26)19-16(22)7-4-8-17(19)23/h4-9,18H,2-3,10-14H2,1H3,(H,25,27). The molecular formula is C21H25ClFN3O3. The Balaban J connectivity index is 1.75. The molecule has 1 amide bonds. The summed E-state index contributed by atoms with van der Waals surface area (Å²) < 4.78 is 25.1. The second-order valence-electron chi connectivity index (χ2n) is 6.80. The number of benzene rings is 1. The highest BCUT2D eigenvalue weighted by atomic mass is 35.5. The van der Waals surface area contributed by atoms with Gasteiger partial charge in [0.05, 0.1) is 12.6 Å². The Labute approximate surface area is 175 Å². The summed E-state index contributed by atoms with van der Waals surface area (Å²) in [6.45, 7) is 2.58. The maximum atomic E-state index is 14.6. The minimum atomic E-state index is -0.367. The van der Waals surface area contributed by atoms with Crippen LogP contribution in [-0.2, 0) is 4.74 Å². The molecule has 1 fully saturated rings. The van der Waals surface area contributed by atoms with Crippen LogP contribution in [0.15, 0.2) is 36.5 Å². The van der Waals surface area contributed by atoms with Crippen molar-refractivity contribution >= 4 is 17.5 Å². The first-order chi connectivity index (χ1) is 14.1. The number of hydrogen-bond acceptors (Lipinski definition) is 5. The van der Waals surface area contributed by atoms with Gasteiger partial charge in [-0.05, 0) is 50.2 Å². The molecule has 1 unspecified atom stereocenters. The summed E-state index contributed by atoms with van der Waals surface area (Å²) in [6, 6.07) is 7.63. The van der Waals surface area contributed by atoms with E-state index in [-0.39, 0.29) is 36.8 Å². The van der Waals surface area contributed by atoms with E-state index in [4.69, 9.17) is 21.1 Å². The number of amides is 1. The summed E-state index contributed by atoms with van der Waals surface area (Å²) in [5.41, 5.74) is 0.738. The first-order valence-corrected chi connectivity index (χ1v) is 10.0. The predicted octanol–water partition coefficient (Wildman–Crippen LogP) is 3.47. The Kier molecular flexibility index (Phi) is 7.80. The van der Waals surface area contributed by atoms with E-state index in [2.05, 4.69) is 15.2 Å². The van der Waals surface area contributed by atoms with Crippen molar-refractivity contribution in [3.8, 4) is 5.88 Å². The summed E-state index contributed by atoms with van der Waals surface area (Å²) in [4.78, 5) is 19.1. The third-order valence-electron chi connectivity index (χ3n) is 4.91. The first-order valence-electron chi connectivity index (χ1n) is 9.64. The molecular weight excluding hydrogens is 397 g/mol. The van der Waals surface area contributed by atoms with E-state index in [1.165, 1.54) is 6.07 Å². The third-order valence-corrected chi connectivity index (χ3v) is 5.24. The van der Waals surface area contributed by atoms with Crippen molar-refractivity contribution in [3.63, 3.8) is 0 Å². The molecule has 1 atom stereocenters. The Hall–Kier alpha value is -2.22. The van der Waals surface area contributed by atoms with Gasteiger partial charge < -0.3 is 14.8 Å². The van der Waals surface area contributed by atoms with Gasteiger partial charge in [0.25, 0.3) is 5.91 Å². The lowest BCUT2D eigenvalue weighted by Gasteiger charge is -2.29. The molecule has 0 saturated carbocycles. The van der Waals surface area contributed by atoms with Gasteiger partial charge in [-0.1, -0.05) is 17.7 Å². The monoisotopic (exact) mass is 421 g/mol. The number of methoxy groups -OCH3 is 1. The zero-order chi connectivity index (χ0) is 20.6. The molecule has 0 spiro atoms. The minimum absolute atomic E-state index is 0.228. The van der Waals surface area contributed by atoms with Crippen LogP contribution in [0.2, 0.25) is 5.02 Å². The minimum Gasteiger partial charge on any atom is -0.475 e. The molecule has 6 nitrogen and oxygen atoms in total. The topological polar surface area (TPSA) is 63.7 Å². The molecule has 0 bridgehead atoms. The largest absolute Gasteiger partial charge is 0.475 e. The van der Waals surface area contributed by atoms with Crippen LogP contribution < -0.4 is 10.1 Å². The van der Waals surface area contributed by atoms with Crippen molar-refractivity contribution in [1.82, 2.24) is 15.2 Å². The van der Waals surface area contributed by atoms with E-state index < -0.39 is 0 Å². The fraction of sp³-hybridized carbons (Fsp3) is 0.429. The number of carbonyl (C=O) groups excluding carboxylic acids is 1. The van der Waals surface area contributed by atoms with Crippen LogP contribution in [0.25, 0.3) is 0 Å². The number of nitrogens with zero attached hydrogens (tertiary/aromatic N) is 2. The Morgan fingerprint density at radius 2 is 2.07 bits per heavy atom. The molecule has 1 aromatic carbocycles. The highest BCUT2D eigenvalue weighted by Crippen LogP contribution is 2.32. The fourth-order valence-corrected chi connectivity index (χ4v) is 3.77. The summed E-state index contributed by atoms with van der Waals surface area (Å²) >= 11 is 6.31. The fourth-order valence-electron chi connectivity index (χ4n) is 3.48. The second kappa shape index (κ2) is 10.5. The average molecular weight is 422 g/mol. The third kappa shape index (κ3) is 5.44. The lowest BCUT2D eigenvalue weighted by atomic mass is 10.0. The van der Waals surface area contributed by atoms with Crippen LogP contribution in [0.4, 0.5) is 4.39 Å². The van der Waals surface area contributed by atoms with Crippen molar-refractivity contribution in [2.45, 2.75) is 18.9 Å². The number of carbonyl (C=O) groups is 1. The number of rotatable bonds is 9. The van der Waals surface area contributed by atoms with E-state index in [0.29, 0.717) is 22.8 Å². The highest BCUT2D eigenvalue weighted by Gasteiger charge is 2.28. The molecule has 2 heterocycles. The highest BCUT2D eigenvalue weighted by molar-refractivity contribution is 6.31. The van der Waals surface area contributed by atoms with E-state index in [1.807, 2.05) is 0 Å². The first kappa shape index (κ1) is 21.5. The van der Waals surface area contributed by atoms with Crippen molar-refractivity contribution in [3.05, 3.63) is 58.5 Å². The zero-order valence-corrected chi connectivity index (χ0v) is 17.1. The second-order valence-corrected chi connectivity index (χ2v) is 7.21. The smallest absolute Gasteiger partial charge is 0.256 e. The quantitative estimate of drug-likeness (QED) is 0.628. The number of aromatic nitrogens is 1. The van der Waals surface area contributed by atoms with Gasteiger partial charge in [-0.25, -0.2) is 9.37 Å². The van der Waals surface area contributed by atoms with Crippen molar-refractivity contribution in [1.29, 1.82) is 0 Å². The van der Waals surface area contributed by atoms with Gasteiger partial charge in [-0.2, -0.15) is 0 Å². The van der Waals surface area contributed by atoms with Gasteiger partial charge in [0.15, 0.2) is 0 Å². The molecule has 3 rings (SSSR count). The molecule has 1 aliphatic heterocycles. The molecule has 29 heavy (non-hydrogen) atoms. The van der Waals surface area contributed by atoms with Gasteiger partial charge in [0.1, 0.15) is 18.0 Å². The van der Waals surface area contributed by atoms with Crippen LogP contribution >= 0.6 is 11.6 Å². The molecule has 2 aromatic rings. The number of pyridine rings is 1. The molecule has 1 N–H and O–H groups in total. The number of halogens is 2. The van der Waals surface area contributed by atoms with Crippen LogP contribution in [0.5, 0.6) is 5.88 Å². The number of ether oxygens (including phenoxy) is 2. The Bertz CT molecular complexity index is 810. The summed E-state index contributed by atoms with van der Waals surface area (Å²) in [5, 5.41) is 3.26. The van der Waals surface area contributed by atoms with Crippen molar-refractivity contribution in [2.75, 3.05) is 40.0 Å². The maximum Gasteiger partial charge on any atom is 0.256 e. The van der Waals surface area contributed by atoms with Gasteiger partial charge in [-0.3, -0.25) is 9.69 Å². The molecule has 1 saturated heterocycles. The van der Waals surface area contributed by atoms with Gasteiger partial charge in [-0.15, -0.1) is 0 Å². The van der Waals surface area contributed by atoms with E-state index in [1.54, 1.807) is 37.6 Å². The summed E-state index contributed by atoms with van der Waals surface area (Å²) in [7, 11) is 1.57. The van der Waals surface area contributed by atoms with Crippen LogP contribution in [0.1, 0.15) is 34.8 Å². The van der Waals surface area contributed by atoms with Crippen LogP contribution in [0, 0.1) is 5.82 Å². The lowest BCUT2D eigenvalue weighted by molar-refractivity contribution is 0.0928. The average Bonchev–Trinajstić information content (AvgIpc) is 3.25. The number of hydrogen-bond donors (Lipinski definition) is 1.